The molecular formula is C11H10FNO3S. The first-order valence-corrected chi connectivity index (χ1v) is 5.83. The molecular weight excluding hydrogens is 245 g/mol. The molecule has 0 fully saturated rings. The number of fused-ring (bicyclic) bond motifs is 1. The minimum Gasteiger partial charge on any atom is -0.478 e. The number of nitrogens with zero attached hydrogens (tertiary/aromatic N) is 1. The lowest BCUT2D eigenvalue weighted by molar-refractivity contribution is 0.0696. The molecule has 0 spiro atoms. The summed E-state index contributed by atoms with van der Waals surface area (Å²) >= 11 is 1.39. The summed E-state index contributed by atoms with van der Waals surface area (Å²) in [6, 6.07) is 2.82. The van der Waals surface area contributed by atoms with Crippen LogP contribution in [0.15, 0.2) is 12.1 Å². The van der Waals surface area contributed by atoms with Crippen LogP contribution in [-0.2, 0) is 6.42 Å². The van der Waals surface area contributed by atoms with Gasteiger partial charge in [0.15, 0.2) is 5.75 Å². The Labute approximate surface area is 101 Å². The molecule has 0 unspecified atom stereocenters. The van der Waals surface area contributed by atoms with Crippen LogP contribution in [0, 0.1) is 0 Å². The quantitative estimate of drug-likeness (QED) is 0.912. The second kappa shape index (κ2) is 4.67. The Balaban J connectivity index is 2.64. The monoisotopic (exact) mass is 255 g/mol. The van der Waals surface area contributed by atoms with Crippen molar-refractivity contribution < 1.29 is 19.0 Å². The number of halogens is 1. The van der Waals surface area contributed by atoms with E-state index in [9.17, 15) is 9.18 Å². The normalized spacial score (nSPS) is 10.7. The summed E-state index contributed by atoms with van der Waals surface area (Å²) in [7, 11) is 0. The maximum absolute atomic E-state index is 12.2. The summed E-state index contributed by atoms with van der Waals surface area (Å²) in [6.45, 7) is 0.947. The first-order valence-electron chi connectivity index (χ1n) is 5.01. The Morgan fingerprint density at radius 2 is 2.35 bits per heavy atom. The van der Waals surface area contributed by atoms with Crippen molar-refractivity contribution in [2.75, 3.05) is 6.86 Å². The lowest BCUT2D eigenvalue weighted by atomic mass is 10.2. The van der Waals surface area contributed by atoms with Crippen LogP contribution in [0.1, 0.15) is 22.3 Å². The molecule has 0 amide bonds. The van der Waals surface area contributed by atoms with Gasteiger partial charge in [0, 0.05) is 0 Å². The van der Waals surface area contributed by atoms with Crippen molar-refractivity contribution in [2.24, 2.45) is 0 Å². The number of carboxylic acids is 1. The number of carbonyl (C=O) groups is 1. The molecule has 90 valence electrons. The number of carboxylic acid groups (broad SMARTS) is 1. The van der Waals surface area contributed by atoms with E-state index in [1.807, 2.05) is 6.92 Å². The fourth-order valence-electron chi connectivity index (χ4n) is 1.49. The number of aromatic nitrogens is 1. The van der Waals surface area contributed by atoms with E-state index in [0.29, 0.717) is 10.2 Å². The molecule has 0 saturated carbocycles. The molecule has 0 saturated heterocycles. The van der Waals surface area contributed by atoms with Gasteiger partial charge in [-0.05, 0) is 18.6 Å². The van der Waals surface area contributed by atoms with E-state index >= 15 is 0 Å². The van der Waals surface area contributed by atoms with Gasteiger partial charge in [-0.15, -0.1) is 11.3 Å². The Bertz CT molecular complexity index is 567. The van der Waals surface area contributed by atoms with Gasteiger partial charge >= 0.3 is 5.97 Å². The third kappa shape index (κ3) is 2.21. The van der Waals surface area contributed by atoms with Crippen molar-refractivity contribution in [2.45, 2.75) is 13.3 Å². The molecule has 0 radical (unpaired) electrons. The molecule has 17 heavy (non-hydrogen) atoms. The highest BCUT2D eigenvalue weighted by molar-refractivity contribution is 7.18. The van der Waals surface area contributed by atoms with E-state index in [1.165, 1.54) is 23.5 Å². The van der Waals surface area contributed by atoms with E-state index in [1.54, 1.807) is 0 Å². The predicted octanol–water partition coefficient (Wildman–Crippen LogP) is 2.86. The zero-order valence-corrected chi connectivity index (χ0v) is 9.88. The lowest BCUT2D eigenvalue weighted by Gasteiger charge is -2.03. The Kier molecular flexibility index (Phi) is 3.23. The largest absolute Gasteiger partial charge is 0.478 e. The Hall–Kier alpha value is -1.69. The fraction of sp³-hybridized carbons (Fsp3) is 0.273. The average molecular weight is 255 g/mol. The first-order chi connectivity index (χ1) is 8.15. The molecule has 0 bridgehead atoms. The molecule has 1 aromatic heterocycles. The van der Waals surface area contributed by atoms with E-state index in [-0.39, 0.29) is 11.3 Å². The van der Waals surface area contributed by atoms with Gasteiger partial charge in [-0.2, -0.15) is 0 Å². The van der Waals surface area contributed by atoms with Crippen LogP contribution in [0.25, 0.3) is 10.2 Å². The molecule has 0 aliphatic heterocycles. The van der Waals surface area contributed by atoms with Crippen LogP contribution in [0.2, 0.25) is 0 Å². The number of hydrogen-bond donors (Lipinski definition) is 1. The van der Waals surface area contributed by atoms with Gasteiger partial charge in [0.25, 0.3) is 0 Å². The number of thiazole rings is 1. The molecule has 0 aliphatic carbocycles. The van der Waals surface area contributed by atoms with Crippen LogP contribution < -0.4 is 4.74 Å². The third-order valence-electron chi connectivity index (χ3n) is 2.26. The van der Waals surface area contributed by atoms with Gasteiger partial charge in [-0.3, -0.25) is 0 Å². The van der Waals surface area contributed by atoms with Gasteiger partial charge in [0.2, 0.25) is 6.86 Å². The number of aryl methyl sites for hydroxylation is 1. The standard InChI is InChI=1S/C11H10FNO3S/c1-2-9-13-10-7(16-5-12)3-6(11(14)15)4-8(10)17-9/h3-4H,2,5H2,1H3,(H,14,15). The summed E-state index contributed by atoms with van der Waals surface area (Å²) < 4.78 is 17.7. The van der Waals surface area contributed by atoms with E-state index in [4.69, 9.17) is 9.84 Å². The highest BCUT2D eigenvalue weighted by atomic mass is 32.1. The summed E-state index contributed by atoms with van der Waals surface area (Å²) in [5.41, 5.74) is 0.599. The summed E-state index contributed by atoms with van der Waals surface area (Å²) in [5.74, 6) is -0.889. The molecule has 4 nitrogen and oxygen atoms in total. The maximum atomic E-state index is 12.2. The van der Waals surface area contributed by atoms with Gasteiger partial charge < -0.3 is 9.84 Å². The zero-order valence-electron chi connectivity index (χ0n) is 9.07. The van der Waals surface area contributed by atoms with E-state index < -0.39 is 12.8 Å². The highest BCUT2D eigenvalue weighted by Crippen LogP contribution is 2.32. The van der Waals surface area contributed by atoms with Gasteiger partial charge in [0.05, 0.1) is 15.3 Å². The second-order valence-corrected chi connectivity index (χ2v) is 4.46. The van der Waals surface area contributed by atoms with Crippen LogP contribution in [0.4, 0.5) is 4.39 Å². The predicted molar refractivity (Wildman–Crippen MR) is 62.6 cm³/mol. The average Bonchev–Trinajstić information content (AvgIpc) is 2.72. The number of alkyl halides is 1. The van der Waals surface area contributed by atoms with E-state index in [0.717, 1.165) is 11.4 Å². The minimum atomic E-state index is -1.07. The fourth-order valence-corrected chi connectivity index (χ4v) is 2.45. The van der Waals surface area contributed by atoms with Gasteiger partial charge in [-0.25, -0.2) is 14.2 Å². The van der Waals surface area contributed by atoms with Crippen molar-refractivity contribution in [1.82, 2.24) is 4.98 Å². The molecule has 0 aliphatic rings. The van der Waals surface area contributed by atoms with Gasteiger partial charge in [-0.1, -0.05) is 6.92 Å². The van der Waals surface area contributed by atoms with Crippen molar-refractivity contribution >= 4 is 27.5 Å². The molecule has 1 heterocycles. The molecule has 2 rings (SSSR count). The second-order valence-electron chi connectivity index (χ2n) is 3.34. The molecule has 2 aromatic rings. The number of ether oxygens (including phenoxy) is 1. The molecule has 1 N–H and O–H groups in total. The van der Waals surface area contributed by atoms with E-state index in [2.05, 4.69) is 4.98 Å². The summed E-state index contributed by atoms with van der Waals surface area (Å²) in [4.78, 5) is 15.2. The lowest BCUT2D eigenvalue weighted by Crippen LogP contribution is -1.98. The van der Waals surface area contributed by atoms with Crippen LogP contribution >= 0.6 is 11.3 Å². The number of aromatic carboxylic acids is 1. The highest BCUT2D eigenvalue weighted by Gasteiger charge is 2.14. The van der Waals surface area contributed by atoms with Crippen LogP contribution in [0.3, 0.4) is 0 Å². The van der Waals surface area contributed by atoms with Crippen molar-refractivity contribution in [1.29, 1.82) is 0 Å². The van der Waals surface area contributed by atoms with Crippen LogP contribution in [0.5, 0.6) is 5.75 Å². The van der Waals surface area contributed by atoms with Gasteiger partial charge in [0.1, 0.15) is 5.52 Å². The minimum absolute atomic E-state index is 0.0762. The number of rotatable bonds is 4. The number of hydrogen-bond acceptors (Lipinski definition) is 4. The summed E-state index contributed by atoms with van der Waals surface area (Å²) in [5, 5.41) is 9.80. The number of benzene rings is 1. The zero-order chi connectivity index (χ0) is 12.4. The van der Waals surface area contributed by atoms with Crippen molar-refractivity contribution in [3.8, 4) is 5.75 Å². The Morgan fingerprint density at radius 1 is 1.59 bits per heavy atom. The Morgan fingerprint density at radius 3 is 2.94 bits per heavy atom. The van der Waals surface area contributed by atoms with Crippen molar-refractivity contribution in [3.63, 3.8) is 0 Å². The topological polar surface area (TPSA) is 59.4 Å². The maximum Gasteiger partial charge on any atom is 0.335 e. The molecule has 6 heteroatoms. The molecule has 1 aromatic carbocycles. The van der Waals surface area contributed by atoms with Crippen molar-refractivity contribution in [3.05, 3.63) is 22.7 Å². The third-order valence-corrected chi connectivity index (χ3v) is 3.41. The van der Waals surface area contributed by atoms with Crippen LogP contribution in [-0.4, -0.2) is 22.9 Å². The smallest absolute Gasteiger partial charge is 0.335 e. The SMILES string of the molecule is CCc1nc2c(OCF)cc(C(=O)O)cc2s1. The first kappa shape index (κ1) is 11.8. The summed E-state index contributed by atoms with van der Waals surface area (Å²) in [6.07, 6.45) is 0.747. The molecule has 0 atom stereocenters.